The summed E-state index contributed by atoms with van der Waals surface area (Å²) in [5, 5.41) is 5.63. The first-order valence-electron chi connectivity index (χ1n) is 12.7. The molecule has 0 saturated carbocycles. The Kier molecular flexibility index (Phi) is 7.41. The fourth-order valence-corrected chi connectivity index (χ4v) is 15.9. The van der Waals surface area contributed by atoms with Crippen molar-refractivity contribution in [3.05, 3.63) is 41.9 Å². The van der Waals surface area contributed by atoms with Crippen LogP contribution in [-0.2, 0) is 14.3 Å². The molecule has 2 aliphatic heterocycles. The molecular weight excluding hydrogens is 518 g/mol. The Morgan fingerprint density at radius 2 is 1.58 bits per heavy atom. The highest BCUT2D eigenvalue weighted by Crippen LogP contribution is 2.40. The first-order valence-corrected chi connectivity index (χ1v) is 19.0. The molecule has 8 nitrogen and oxygen atoms in total. The highest BCUT2D eigenvalue weighted by molar-refractivity contribution is 7.04. The van der Waals surface area contributed by atoms with Crippen LogP contribution >= 0.6 is 0 Å². The van der Waals surface area contributed by atoms with Crippen molar-refractivity contribution in [2.24, 2.45) is 0 Å². The van der Waals surface area contributed by atoms with E-state index in [1.807, 2.05) is 6.92 Å². The summed E-state index contributed by atoms with van der Waals surface area (Å²) in [5.41, 5.74) is 1.98. The fraction of sp³-hybridized carbons (Fsp3) is 0.429. The molecule has 0 aliphatic carbocycles. The molecule has 0 saturated heterocycles. The summed E-state index contributed by atoms with van der Waals surface area (Å²) in [6.45, 7) is 14.1. The van der Waals surface area contributed by atoms with Gasteiger partial charge in [-0.05, 0) is 24.1 Å². The van der Waals surface area contributed by atoms with Crippen molar-refractivity contribution in [3.8, 4) is 23.0 Å². The molecule has 1 amide bonds. The van der Waals surface area contributed by atoms with Gasteiger partial charge in [0.2, 0.25) is 11.9 Å². The Labute approximate surface area is 226 Å². The minimum Gasteiger partial charge on any atom is -0.496 e. The molecule has 2 aliphatic rings. The number of ketones is 1. The number of benzene rings is 2. The van der Waals surface area contributed by atoms with Gasteiger partial charge in [0.1, 0.15) is 28.7 Å². The van der Waals surface area contributed by atoms with Gasteiger partial charge in [0.15, 0.2) is 0 Å². The van der Waals surface area contributed by atoms with Crippen molar-refractivity contribution in [1.82, 2.24) is 0 Å². The molecule has 0 spiro atoms. The second-order valence-corrected chi connectivity index (χ2v) is 20.9. The predicted molar refractivity (Wildman–Crippen MR) is 153 cm³/mol. The number of carbonyl (C=O) groups excluding carboxylic acids is 2. The largest absolute Gasteiger partial charge is 0.496 e. The standard InChI is InChI=1S/C28H37NO7Si2/c1-16-10-24-23(37(6,7)15-17(2)38(24,8)9)14-20(16)35-25-13-19(30)27(36-25)28(31)29-26-21(33-4)11-18(32-3)12-22(26)34-5/h10-14,17,27H,15H2,1-9H3,(H,29,31). The van der Waals surface area contributed by atoms with Crippen LogP contribution in [0, 0.1) is 6.92 Å². The molecule has 0 bridgehead atoms. The van der Waals surface area contributed by atoms with Gasteiger partial charge in [-0.3, -0.25) is 9.59 Å². The van der Waals surface area contributed by atoms with Crippen molar-refractivity contribution >= 4 is 43.9 Å². The van der Waals surface area contributed by atoms with Crippen molar-refractivity contribution in [2.75, 3.05) is 26.6 Å². The number of rotatable bonds is 7. The summed E-state index contributed by atoms with van der Waals surface area (Å²) in [7, 11) is 1.18. The summed E-state index contributed by atoms with van der Waals surface area (Å²) in [5.74, 6) is 0.632. The fourth-order valence-electron chi connectivity index (χ4n) is 5.35. The second kappa shape index (κ2) is 10.1. The molecule has 2 unspecified atom stereocenters. The first kappa shape index (κ1) is 27.8. The number of ether oxygens (including phenoxy) is 5. The summed E-state index contributed by atoms with van der Waals surface area (Å²) < 4.78 is 27.8. The molecule has 38 heavy (non-hydrogen) atoms. The Bertz CT molecular complexity index is 1290. The zero-order valence-corrected chi connectivity index (χ0v) is 25.6. The number of methoxy groups -OCH3 is 3. The summed E-state index contributed by atoms with van der Waals surface area (Å²) in [6.07, 6.45) is -0.160. The smallest absolute Gasteiger partial charge is 0.289 e. The molecule has 2 atom stereocenters. The van der Waals surface area contributed by atoms with Crippen molar-refractivity contribution in [3.63, 3.8) is 0 Å². The van der Waals surface area contributed by atoms with Gasteiger partial charge in [0.25, 0.3) is 11.9 Å². The number of aryl methyl sites for hydroxylation is 1. The van der Waals surface area contributed by atoms with Gasteiger partial charge in [-0.1, -0.05) is 55.6 Å². The van der Waals surface area contributed by atoms with E-state index < -0.39 is 33.9 Å². The molecular formula is C28H37NO7Si2. The lowest BCUT2D eigenvalue weighted by molar-refractivity contribution is -0.134. The van der Waals surface area contributed by atoms with Crippen LogP contribution in [0.4, 0.5) is 5.69 Å². The predicted octanol–water partition coefficient (Wildman–Crippen LogP) is 4.08. The molecule has 10 heteroatoms. The number of amides is 1. The third-order valence-corrected chi connectivity index (χ3v) is 16.6. The molecule has 0 fully saturated rings. The third-order valence-electron chi connectivity index (χ3n) is 7.95. The number of nitrogens with one attached hydrogen (secondary N) is 1. The molecule has 4 rings (SSSR count). The topological polar surface area (TPSA) is 92.3 Å². The number of anilines is 1. The van der Waals surface area contributed by atoms with E-state index in [9.17, 15) is 9.59 Å². The molecule has 0 radical (unpaired) electrons. The minimum atomic E-state index is -1.66. The van der Waals surface area contributed by atoms with Crippen LogP contribution < -0.4 is 34.6 Å². The van der Waals surface area contributed by atoms with Gasteiger partial charge in [-0.25, -0.2) is 0 Å². The molecule has 2 aromatic carbocycles. The number of carbonyl (C=O) groups is 2. The number of fused-ring (bicyclic) bond motifs is 1. The number of hydrogen-bond acceptors (Lipinski definition) is 7. The van der Waals surface area contributed by atoms with Gasteiger partial charge in [-0.15, -0.1) is 0 Å². The normalized spacial score (nSPS) is 21.1. The molecule has 2 aromatic rings. The first-order chi connectivity index (χ1) is 17.8. The van der Waals surface area contributed by atoms with Crippen LogP contribution in [0.3, 0.4) is 0 Å². The monoisotopic (exact) mass is 555 g/mol. The van der Waals surface area contributed by atoms with E-state index in [0.29, 0.717) is 23.0 Å². The van der Waals surface area contributed by atoms with Crippen molar-refractivity contribution in [2.45, 2.75) is 57.7 Å². The molecule has 0 aromatic heterocycles. The molecule has 2 heterocycles. The Morgan fingerprint density at radius 1 is 0.947 bits per heavy atom. The van der Waals surface area contributed by atoms with Crippen LogP contribution in [0.2, 0.25) is 37.8 Å². The van der Waals surface area contributed by atoms with E-state index in [4.69, 9.17) is 23.7 Å². The highest BCUT2D eigenvalue weighted by atomic mass is 28.3. The highest BCUT2D eigenvalue weighted by Gasteiger charge is 2.45. The second-order valence-electron chi connectivity index (χ2n) is 11.2. The van der Waals surface area contributed by atoms with Gasteiger partial charge in [0, 0.05) is 12.1 Å². The lowest BCUT2D eigenvalue weighted by atomic mass is 10.2. The number of hydrogen-bond donors (Lipinski definition) is 1. The quantitative estimate of drug-likeness (QED) is 0.407. The van der Waals surface area contributed by atoms with Gasteiger partial charge >= 0.3 is 0 Å². The van der Waals surface area contributed by atoms with E-state index in [1.165, 1.54) is 43.8 Å². The zero-order chi connectivity index (χ0) is 28.0. The lowest BCUT2D eigenvalue weighted by Crippen LogP contribution is -2.65. The maximum atomic E-state index is 13.1. The van der Waals surface area contributed by atoms with E-state index in [2.05, 4.69) is 50.6 Å². The lowest BCUT2D eigenvalue weighted by Gasteiger charge is -2.44. The Morgan fingerprint density at radius 3 is 2.16 bits per heavy atom. The zero-order valence-electron chi connectivity index (χ0n) is 23.6. The Hall–Kier alpha value is -3.25. The Balaban J connectivity index is 1.55. The van der Waals surface area contributed by atoms with Gasteiger partial charge in [-0.2, -0.15) is 0 Å². The molecule has 204 valence electrons. The van der Waals surface area contributed by atoms with E-state index in [0.717, 1.165) is 11.1 Å². The van der Waals surface area contributed by atoms with E-state index in [-0.39, 0.29) is 11.6 Å². The minimum absolute atomic E-state index is 0.00650. The average Bonchev–Trinajstić information content (AvgIpc) is 3.23. The van der Waals surface area contributed by atoms with Crippen LogP contribution in [0.5, 0.6) is 23.0 Å². The van der Waals surface area contributed by atoms with Crippen LogP contribution in [0.15, 0.2) is 36.3 Å². The third kappa shape index (κ3) is 4.94. The SMILES string of the molecule is COc1cc(OC)c(NC(=O)C2OC(Oc3cc4c(cc3C)[Si](C)(C)C(C)C[Si]4(C)C)=CC2=O)c(OC)c1. The van der Waals surface area contributed by atoms with Crippen molar-refractivity contribution < 1.29 is 33.3 Å². The maximum absolute atomic E-state index is 13.1. The molecule has 1 N–H and O–H groups in total. The van der Waals surface area contributed by atoms with Crippen LogP contribution in [-0.4, -0.2) is 55.3 Å². The van der Waals surface area contributed by atoms with Crippen LogP contribution in [0.1, 0.15) is 12.5 Å². The van der Waals surface area contributed by atoms with Gasteiger partial charge in [0.05, 0.1) is 43.6 Å². The van der Waals surface area contributed by atoms with Crippen LogP contribution in [0.25, 0.3) is 0 Å². The maximum Gasteiger partial charge on any atom is 0.289 e. The summed E-state index contributed by atoms with van der Waals surface area (Å²) >= 11 is 0. The summed E-state index contributed by atoms with van der Waals surface area (Å²) in [4.78, 5) is 25.8. The van der Waals surface area contributed by atoms with Crippen molar-refractivity contribution in [1.29, 1.82) is 0 Å². The summed E-state index contributed by atoms with van der Waals surface area (Å²) in [6, 6.07) is 8.88. The average molecular weight is 556 g/mol. The van der Waals surface area contributed by atoms with Gasteiger partial charge < -0.3 is 29.0 Å². The van der Waals surface area contributed by atoms with E-state index in [1.54, 1.807) is 12.1 Å². The van der Waals surface area contributed by atoms with E-state index >= 15 is 0 Å².